The molecule has 2 aliphatic heterocycles. The van der Waals surface area contributed by atoms with Crippen molar-refractivity contribution in [2.45, 2.75) is 18.9 Å². The van der Waals surface area contributed by atoms with Crippen molar-refractivity contribution < 1.29 is 14.4 Å². The minimum atomic E-state index is -0.407. The summed E-state index contributed by atoms with van der Waals surface area (Å²) in [4.78, 5) is 40.8. The summed E-state index contributed by atoms with van der Waals surface area (Å²) in [6.07, 6.45) is 2.32. The third-order valence-corrected chi connectivity index (χ3v) is 5.44. The third kappa shape index (κ3) is 3.55. The predicted octanol–water partition coefficient (Wildman–Crippen LogP) is 2.24. The number of hydrogen-bond acceptors (Lipinski definition) is 4. The summed E-state index contributed by atoms with van der Waals surface area (Å²) in [5.41, 5.74) is 1.88. The number of imide groups is 1. The molecule has 144 valence electrons. The lowest BCUT2D eigenvalue weighted by Gasteiger charge is -2.28. The van der Waals surface area contributed by atoms with Crippen LogP contribution in [0.1, 0.15) is 45.2 Å². The summed E-state index contributed by atoms with van der Waals surface area (Å²) in [5, 5.41) is 2.93. The lowest BCUT2D eigenvalue weighted by atomic mass is 10.1. The van der Waals surface area contributed by atoms with E-state index in [1.165, 1.54) is 0 Å². The smallest absolute Gasteiger partial charge is 0.262 e. The van der Waals surface area contributed by atoms with E-state index < -0.39 is 11.8 Å². The van der Waals surface area contributed by atoms with Crippen LogP contribution in [0, 0.1) is 0 Å². The molecule has 0 aromatic heterocycles. The molecule has 1 atom stereocenters. The quantitative estimate of drug-likeness (QED) is 0.784. The van der Waals surface area contributed by atoms with Crippen molar-refractivity contribution in [1.29, 1.82) is 0 Å². The maximum absolute atomic E-state index is 12.5. The van der Waals surface area contributed by atoms with Gasteiger partial charge in [-0.05, 0) is 43.6 Å². The van der Waals surface area contributed by atoms with E-state index in [1.54, 1.807) is 24.3 Å². The Morgan fingerprint density at radius 2 is 1.46 bits per heavy atom. The van der Waals surface area contributed by atoms with Crippen molar-refractivity contribution in [3.05, 3.63) is 71.3 Å². The highest BCUT2D eigenvalue weighted by Crippen LogP contribution is 2.25. The Kier molecular flexibility index (Phi) is 5.21. The number of hydrogen-bond donors (Lipinski definition) is 1. The first-order valence-corrected chi connectivity index (χ1v) is 9.66. The first-order chi connectivity index (χ1) is 13.6. The summed E-state index contributed by atoms with van der Waals surface area (Å²) in [6, 6.07) is 16.9. The molecule has 6 heteroatoms. The number of benzene rings is 2. The lowest BCUT2D eigenvalue weighted by Crippen LogP contribution is -2.43. The van der Waals surface area contributed by atoms with Gasteiger partial charge in [-0.15, -0.1) is 0 Å². The molecule has 1 N–H and O–H groups in total. The third-order valence-electron chi connectivity index (χ3n) is 5.44. The van der Waals surface area contributed by atoms with Crippen LogP contribution in [0.3, 0.4) is 0 Å². The molecule has 0 aliphatic carbocycles. The van der Waals surface area contributed by atoms with Gasteiger partial charge in [0.2, 0.25) is 5.91 Å². The maximum atomic E-state index is 12.5. The zero-order valence-electron chi connectivity index (χ0n) is 15.6. The molecule has 2 aromatic carbocycles. The predicted molar refractivity (Wildman–Crippen MR) is 105 cm³/mol. The molecule has 6 nitrogen and oxygen atoms in total. The van der Waals surface area contributed by atoms with Crippen LogP contribution in [0.25, 0.3) is 0 Å². The van der Waals surface area contributed by atoms with E-state index in [9.17, 15) is 14.4 Å². The van der Waals surface area contributed by atoms with Crippen LogP contribution < -0.4 is 5.32 Å². The van der Waals surface area contributed by atoms with E-state index >= 15 is 0 Å². The summed E-state index contributed by atoms with van der Waals surface area (Å²) in [6.45, 7) is 2.21. The van der Waals surface area contributed by atoms with Crippen LogP contribution in [-0.4, -0.2) is 53.7 Å². The van der Waals surface area contributed by atoms with Gasteiger partial charge in [0.1, 0.15) is 6.54 Å². The van der Waals surface area contributed by atoms with Gasteiger partial charge in [-0.25, -0.2) is 0 Å². The molecule has 2 aromatic rings. The van der Waals surface area contributed by atoms with Gasteiger partial charge in [0.05, 0.1) is 17.2 Å². The van der Waals surface area contributed by atoms with Crippen LogP contribution >= 0.6 is 0 Å². The number of carbonyl (C=O) groups is 3. The second-order valence-electron chi connectivity index (χ2n) is 7.22. The molecule has 3 amide bonds. The van der Waals surface area contributed by atoms with Gasteiger partial charge in [-0.3, -0.25) is 24.2 Å². The lowest BCUT2D eigenvalue weighted by molar-refractivity contribution is -0.121. The number of nitrogens with zero attached hydrogens (tertiary/aromatic N) is 2. The molecule has 2 heterocycles. The zero-order chi connectivity index (χ0) is 19.5. The standard InChI is InChI=1S/C22H23N3O3/c26-20(15-25-21(27)17-10-4-5-11-18(17)22(25)28)23-14-19(24-12-6-7-13-24)16-8-2-1-3-9-16/h1-5,8-11,19H,6-7,12-15H2,(H,23,26)/t19-/m0/s1. The van der Waals surface area contributed by atoms with Crippen molar-refractivity contribution in [3.8, 4) is 0 Å². The summed E-state index contributed by atoms with van der Waals surface area (Å²) in [7, 11) is 0. The van der Waals surface area contributed by atoms with Crippen LogP contribution in [0.2, 0.25) is 0 Å². The zero-order valence-corrected chi connectivity index (χ0v) is 15.6. The van der Waals surface area contributed by atoms with Crippen molar-refractivity contribution in [2.75, 3.05) is 26.2 Å². The molecule has 4 rings (SSSR count). The summed E-state index contributed by atoms with van der Waals surface area (Å²) < 4.78 is 0. The highest BCUT2D eigenvalue weighted by atomic mass is 16.2. The molecule has 0 radical (unpaired) electrons. The second-order valence-corrected chi connectivity index (χ2v) is 7.22. The van der Waals surface area contributed by atoms with E-state index in [0.29, 0.717) is 17.7 Å². The Balaban J connectivity index is 1.41. The fraction of sp³-hybridized carbons (Fsp3) is 0.318. The molecule has 28 heavy (non-hydrogen) atoms. The number of carbonyl (C=O) groups excluding carboxylic acids is 3. The Morgan fingerprint density at radius 3 is 2.07 bits per heavy atom. The van der Waals surface area contributed by atoms with Gasteiger partial charge in [-0.2, -0.15) is 0 Å². The molecule has 0 saturated carbocycles. The average Bonchev–Trinajstić information content (AvgIpc) is 3.33. The largest absolute Gasteiger partial charge is 0.353 e. The Bertz CT molecular complexity index is 856. The molecule has 0 unspecified atom stereocenters. The average molecular weight is 377 g/mol. The minimum absolute atomic E-state index is 0.0924. The molecular formula is C22H23N3O3. The molecular weight excluding hydrogens is 354 g/mol. The van der Waals surface area contributed by atoms with Gasteiger partial charge in [0, 0.05) is 6.54 Å². The summed E-state index contributed by atoms with van der Waals surface area (Å²) in [5.74, 6) is -1.14. The molecule has 0 bridgehead atoms. The van der Waals surface area contributed by atoms with Crippen LogP contribution in [0.4, 0.5) is 0 Å². The minimum Gasteiger partial charge on any atom is -0.353 e. The highest BCUT2D eigenvalue weighted by molar-refractivity contribution is 6.22. The number of likely N-dealkylation sites (tertiary alicyclic amines) is 1. The SMILES string of the molecule is O=C(CN1C(=O)c2ccccc2C1=O)NC[C@@H](c1ccccc1)N1CCCC1. The fourth-order valence-corrected chi connectivity index (χ4v) is 3.98. The molecule has 0 spiro atoms. The highest BCUT2D eigenvalue weighted by Gasteiger charge is 2.36. The first-order valence-electron chi connectivity index (χ1n) is 9.66. The van der Waals surface area contributed by atoms with Crippen molar-refractivity contribution in [3.63, 3.8) is 0 Å². The maximum Gasteiger partial charge on any atom is 0.262 e. The van der Waals surface area contributed by atoms with Gasteiger partial charge in [-0.1, -0.05) is 42.5 Å². The van der Waals surface area contributed by atoms with Crippen LogP contribution in [0.5, 0.6) is 0 Å². The van der Waals surface area contributed by atoms with E-state index in [0.717, 1.165) is 36.4 Å². The Morgan fingerprint density at radius 1 is 0.893 bits per heavy atom. The topological polar surface area (TPSA) is 69.7 Å². The number of fused-ring (bicyclic) bond motifs is 1. The van der Waals surface area contributed by atoms with Gasteiger partial charge < -0.3 is 5.32 Å². The summed E-state index contributed by atoms with van der Waals surface area (Å²) >= 11 is 0. The van der Waals surface area contributed by atoms with Crippen molar-refractivity contribution in [2.24, 2.45) is 0 Å². The fourth-order valence-electron chi connectivity index (χ4n) is 3.98. The van der Waals surface area contributed by atoms with Gasteiger partial charge in [0.15, 0.2) is 0 Å². The van der Waals surface area contributed by atoms with E-state index in [4.69, 9.17) is 0 Å². The number of amides is 3. The Hall–Kier alpha value is -2.99. The molecule has 1 saturated heterocycles. The van der Waals surface area contributed by atoms with E-state index in [2.05, 4.69) is 22.3 Å². The van der Waals surface area contributed by atoms with Crippen LogP contribution in [-0.2, 0) is 4.79 Å². The van der Waals surface area contributed by atoms with Gasteiger partial charge in [0.25, 0.3) is 11.8 Å². The number of rotatable bonds is 6. The Labute approximate surface area is 164 Å². The molecule has 1 fully saturated rings. The van der Waals surface area contributed by atoms with Gasteiger partial charge >= 0.3 is 0 Å². The first kappa shape index (κ1) is 18.4. The van der Waals surface area contributed by atoms with Crippen LogP contribution in [0.15, 0.2) is 54.6 Å². The molecule has 2 aliphatic rings. The van der Waals surface area contributed by atoms with E-state index in [1.807, 2.05) is 18.2 Å². The number of nitrogens with one attached hydrogen (secondary N) is 1. The second kappa shape index (κ2) is 7.94. The normalized spacial score (nSPS) is 17.6. The van der Waals surface area contributed by atoms with E-state index in [-0.39, 0.29) is 18.5 Å². The van der Waals surface area contributed by atoms with Crippen molar-refractivity contribution >= 4 is 17.7 Å². The van der Waals surface area contributed by atoms with Crippen molar-refractivity contribution in [1.82, 2.24) is 15.1 Å². The monoisotopic (exact) mass is 377 g/mol.